The Bertz CT molecular complexity index is 1400. The zero-order valence-corrected chi connectivity index (χ0v) is 25.0. The highest BCUT2D eigenvalue weighted by atomic mass is 35.5. The van der Waals surface area contributed by atoms with Crippen molar-refractivity contribution in [3.8, 4) is 5.75 Å². The fourth-order valence-corrected chi connectivity index (χ4v) is 5.94. The second-order valence-corrected chi connectivity index (χ2v) is 11.7. The number of halogens is 2. The van der Waals surface area contributed by atoms with Crippen molar-refractivity contribution in [3.63, 3.8) is 0 Å². The lowest BCUT2D eigenvalue weighted by atomic mass is 10.1. The number of carbonyl (C=O) groups is 2. The van der Waals surface area contributed by atoms with E-state index in [0.717, 1.165) is 16.3 Å². The van der Waals surface area contributed by atoms with Crippen molar-refractivity contribution in [2.45, 2.75) is 44.2 Å². The molecule has 40 heavy (non-hydrogen) atoms. The average Bonchev–Trinajstić information content (AvgIpc) is 2.95. The first kappa shape index (κ1) is 31.3. The summed E-state index contributed by atoms with van der Waals surface area (Å²) in [7, 11) is -2.75. The Kier molecular flexibility index (Phi) is 11.2. The van der Waals surface area contributed by atoms with Gasteiger partial charge in [0.2, 0.25) is 11.8 Å². The molecule has 3 rings (SSSR count). The molecule has 3 aromatic rings. The molecule has 2 amide bonds. The lowest BCUT2D eigenvalue weighted by Crippen LogP contribution is -2.52. The molecule has 0 aromatic heterocycles. The van der Waals surface area contributed by atoms with Gasteiger partial charge in [-0.15, -0.1) is 0 Å². The van der Waals surface area contributed by atoms with E-state index < -0.39 is 28.5 Å². The van der Waals surface area contributed by atoms with Gasteiger partial charge in [-0.05, 0) is 60.9 Å². The second kappa shape index (κ2) is 14.4. The third kappa shape index (κ3) is 7.68. The van der Waals surface area contributed by atoms with Crippen LogP contribution in [0.2, 0.25) is 10.0 Å². The summed E-state index contributed by atoms with van der Waals surface area (Å²) in [4.78, 5) is 28.6. The lowest BCUT2D eigenvalue weighted by molar-refractivity contribution is -0.140. The molecule has 0 bridgehead atoms. The monoisotopic (exact) mass is 605 g/mol. The summed E-state index contributed by atoms with van der Waals surface area (Å²) in [6.07, 6.45) is 1.06. The van der Waals surface area contributed by atoms with Gasteiger partial charge in [0, 0.05) is 18.1 Å². The maximum Gasteiger partial charge on any atom is 0.264 e. The van der Waals surface area contributed by atoms with Crippen LogP contribution in [0.5, 0.6) is 5.75 Å². The number of hydrogen-bond acceptors (Lipinski definition) is 5. The van der Waals surface area contributed by atoms with Crippen molar-refractivity contribution >= 4 is 50.7 Å². The molecule has 0 aliphatic carbocycles. The van der Waals surface area contributed by atoms with Crippen molar-refractivity contribution in [2.75, 3.05) is 24.5 Å². The summed E-state index contributed by atoms with van der Waals surface area (Å²) in [5, 5.41) is 3.58. The summed E-state index contributed by atoms with van der Waals surface area (Å²) >= 11 is 12.4. The molecular formula is C29H33Cl2N3O5S. The maximum absolute atomic E-state index is 14.0. The lowest BCUT2D eigenvalue weighted by Gasteiger charge is -2.33. The summed E-state index contributed by atoms with van der Waals surface area (Å²) in [6, 6.07) is 18.4. The standard InChI is InChI=1S/C29H33Cl2N3O5S/c1-4-17-32-29(36)26(5-2)33(19-21-11-13-22(30)14-12-21)28(35)20-34(23-15-16-27(39-3)25(31)18-23)40(37,38)24-9-7-6-8-10-24/h6-16,18,26H,4-5,17,19-20H2,1-3H3,(H,32,36). The Morgan fingerprint density at radius 2 is 1.65 bits per heavy atom. The molecule has 0 saturated heterocycles. The van der Waals surface area contributed by atoms with E-state index in [-0.39, 0.29) is 28.1 Å². The fraction of sp³-hybridized carbons (Fsp3) is 0.310. The van der Waals surface area contributed by atoms with E-state index in [1.54, 1.807) is 49.4 Å². The Morgan fingerprint density at radius 3 is 2.23 bits per heavy atom. The van der Waals surface area contributed by atoms with Crippen LogP contribution in [0.4, 0.5) is 5.69 Å². The molecule has 0 saturated carbocycles. The normalized spacial score (nSPS) is 11.9. The fourth-order valence-electron chi connectivity index (χ4n) is 4.13. The molecule has 11 heteroatoms. The van der Waals surface area contributed by atoms with Gasteiger partial charge in [0.25, 0.3) is 10.0 Å². The predicted octanol–water partition coefficient (Wildman–Crippen LogP) is 5.53. The van der Waals surface area contributed by atoms with Gasteiger partial charge in [-0.3, -0.25) is 13.9 Å². The number of carbonyl (C=O) groups excluding carboxylic acids is 2. The zero-order chi connectivity index (χ0) is 29.3. The van der Waals surface area contributed by atoms with Crippen LogP contribution in [0.3, 0.4) is 0 Å². The van der Waals surface area contributed by atoms with Gasteiger partial charge >= 0.3 is 0 Å². The third-order valence-electron chi connectivity index (χ3n) is 6.23. The molecule has 0 fully saturated rings. The van der Waals surface area contributed by atoms with Crippen LogP contribution >= 0.6 is 23.2 Å². The third-order valence-corrected chi connectivity index (χ3v) is 8.57. The minimum atomic E-state index is -4.20. The van der Waals surface area contributed by atoms with Crippen LogP contribution in [0.25, 0.3) is 0 Å². The Labute approximate surface area is 245 Å². The number of nitrogens with one attached hydrogen (secondary N) is 1. The number of amides is 2. The number of anilines is 1. The van der Waals surface area contributed by atoms with E-state index >= 15 is 0 Å². The molecule has 0 radical (unpaired) electrons. The van der Waals surface area contributed by atoms with Crippen molar-refractivity contribution in [1.29, 1.82) is 0 Å². The van der Waals surface area contributed by atoms with E-state index in [2.05, 4.69) is 5.32 Å². The molecule has 1 atom stereocenters. The van der Waals surface area contributed by atoms with Crippen LogP contribution in [-0.4, -0.2) is 51.4 Å². The first-order chi connectivity index (χ1) is 19.1. The van der Waals surface area contributed by atoms with Gasteiger partial charge in [-0.25, -0.2) is 8.42 Å². The molecule has 1 N–H and O–H groups in total. The van der Waals surface area contributed by atoms with Crippen LogP contribution in [0.1, 0.15) is 32.3 Å². The first-order valence-corrected chi connectivity index (χ1v) is 15.0. The quantitative estimate of drug-likeness (QED) is 0.276. The zero-order valence-electron chi connectivity index (χ0n) is 22.6. The molecule has 0 spiro atoms. The molecule has 0 aliphatic rings. The summed E-state index contributed by atoms with van der Waals surface area (Å²) < 4.78 is 33.9. The Balaban J connectivity index is 2.07. The summed E-state index contributed by atoms with van der Waals surface area (Å²) in [5.41, 5.74) is 0.919. The number of methoxy groups -OCH3 is 1. The second-order valence-electron chi connectivity index (χ2n) is 9.01. The predicted molar refractivity (Wildman–Crippen MR) is 158 cm³/mol. The van der Waals surface area contributed by atoms with E-state index in [1.165, 1.54) is 42.3 Å². The first-order valence-electron chi connectivity index (χ1n) is 12.8. The van der Waals surface area contributed by atoms with E-state index in [1.807, 2.05) is 6.92 Å². The molecule has 0 aliphatic heterocycles. The molecule has 1 unspecified atom stereocenters. The average molecular weight is 607 g/mol. The number of sulfonamides is 1. The largest absolute Gasteiger partial charge is 0.495 e. The number of hydrogen-bond donors (Lipinski definition) is 1. The number of ether oxygens (including phenoxy) is 1. The molecular weight excluding hydrogens is 573 g/mol. The molecule has 3 aromatic carbocycles. The van der Waals surface area contributed by atoms with Crippen LogP contribution in [0.15, 0.2) is 77.7 Å². The van der Waals surface area contributed by atoms with Gasteiger partial charge in [0.05, 0.1) is 22.7 Å². The minimum Gasteiger partial charge on any atom is -0.495 e. The summed E-state index contributed by atoms with van der Waals surface area (Å²) in [6.45, 7) is 3.71. The van der Waals surface area contributed by atoms with Crippen molar-refractivity contribution in [1.82, 2.24) is 10.2 Å². The molecule has 8 nitrogen and oxygen atoms in total. The molecule has 0 heterocycles. The van der Waals surface area contributed by atoms with Crippen LogP contribution in [0, 0.1) is 0 Å². The Morgan fingerprint density at radius 1 is 0.975 bits per heavy atom. The number of benzene rings is 3. The van der Waals surface area contributed by atoms with Gasteiger partial charge in [0.1, 0.15) is 18.3 Å². The maximum atomic E-state index is 14.0. The number of rotatable bonds is 13. The van der Waals surface area contributed by atoms with Gasteiger partial charge < -0.3 is 15.0 Å². The topological polar surface area (TPSA) is 96.0 Å². The van der Waals surface area contributed by atoms with Gasteiger partial charge in [-0.1, -0.05) is 67.4 Å². The van der Waals surface area contributed by atoms with Crippen molar-refractivity contribution in [3.05, 3.63) is 88.4 Å². The van der Waals surface area contributed by atoms with Crippen molar-refractivity contribution < 1.29 is 22.7 Å². The van der Waals surface area contributed by atoms with E-state index in [4.69, 9.17) is 27.9 Å². The number of nitrogens with zero attached hydrogens (tertiary/aromatic N) is 2. The highest BCUT2D eigenvalue weighted by molar-refractivity contribution is 7.92. The van der Waals surface area contributed by atoms with Gasteiger partial charge in [0.15, 0.2) is 0 Å². The SMILES string of the molecule is CCCNC(=O)C(CC)N(Cc1ccc(Cl)cc1)C(=O)CN(c1ccc(OC)c(Cl)c1)S(=O)(=O)c1ccccc1. The van der Waals surface area contributed by atoms with Crippen LogP contribution in [-0.2, 0) is 26.2 Å². The van der Waals surface area contributed by atoms with Crippen LogP contribution < -0.4 is 14.4 Å². The van der Waals surface area contributed by atoms with Gasteiger partial charge in [-0.2, -0.15) is 0 Å². The highest BCUT2D eigenvalue weighted by Crippen LogP contribution is 2.32. The van der Waals surface area contributed by atoms with Crippen molar-refractivity contribution in [2.24, 2.45) is 0 Å². The molecule has 214 valence electrons. The minimum absolute atomic E-state index is 0.00622. The highest BCUT2D eigenvalue weighted by Gasteiger charge is 2.33. The summed E-state index contributed by atoms with van der Waals surface area (Å²) in [5.74, 6) is -0.506. The van der Waals surface area contributed by atoms with E-state index in [9.17, 15) is 18.0 Å². The smallest absolute Gasteiger partial charge is 0.264 e. The Hall–Kier alpha value is -3.27. The van der Waals surface area contributed by atoms with E-state index in [0.29, 0.717) is 23.7 Å².